The fraction of sp³-hybridized carbons (Fsp3) is 0.467. The molecular weight excluding hydrogens is 226 g/mol. The molecule has 0 fully saturated rings. The monoisotopic (exact) mass is 247 g/mol. The number of carboxylic acid groups (broad SMARTS) is 1. The number of unbranched alkanes of at least 4 members (excludes halogenated alkanes) is 3. The van der Waals surface area contributed by atoms with Crippen LogP contribution in [0.2, 0.25) is 0 Å². The van der Waals surface area contributed by atoms with Crippen LogP contribution >= 0.6 is 0 Å². The minimum atomic E-state index is -1.19. The van der Waals surface area contributed by atoms with Crippen molar-refractivity contribution in [3.63, 3.8) is 0 Å². The molecule has 0 saturated carbocycles. The Hall–Kier alpha value is -1.82. The first-order chi connectivity index (χ1) is 8.61. The molecule has 0 spiro atoms. The molecule has 0 rings (SSSR count). The second-order valence-corrected chi connectivity index (χ2v) is 4.21. The molecule has 1 N–H and O–H groups in total. The van der Waals surface area contributed by atoms with Crippen molar-refractivity contribution in [3.05, 3.63) is 35.5 Å². The molecule has 0 aliphatic carbocycles. The van der Waals surface area contributed by atoms with E-state index < -0.39 is 5.97 Å². The van der Waals surface area contributed by atoms with E-state index in [1.54, 1.807) is 18.2 Å². The number of carbonyl (C=O) groups is 1. The van der Waals surface area contributed by atoms with Crippen molar-refractivity contribution in [1.82, 2.24) is 0 Å². The molecule has 0 saturated heterocycles. The van der Waals surface area contributed by atoms with Crippen molar-refractivity contribution in [2.24, 2.45) is 0 Å². The largest absolute Gasteiger partial charge is 0.477 e. The molecule has 0 radical (unpaired) electrons. The first-order valence-electron chi connectivity index (χ1n) is 6.29. The van der Waals surface area contributed by atoms with Crippen LogP contribution in [0.4, 0.5) is 0 Å². The number of nitrogens with zero attached hydrogens (tertiary/aromatic N) is 1. The Bertz CT molecular complexity index is 384. The number of carboxylic acids is 1. The van der Waals surface area contributed by atoms with Gasteiger partial charge in [-0.3, -0.25) is 0 Å². The molecule has 98 valence electrons. The average molecular weight is 247 g/mol. The van der Waals surface area contributed by atoms with Crippen LogP contribution in [-0.2, 0) is 4.79 Å². The van der Waals surface area contributed by atoms with Crippen molar-refractivity contribution >= 4 is 5.97 Å². The highest BCUT2D eigenvalue weighted by atomic mass is 16.4. The van der Waals surface area contributed by atoms with Gasteiger partial charge in [-0.1, -0.05) is 50.0 Å². The molecule has 3 nitrogen and oxygen atoms in total. The van der Waals surface area contributed by atoms with Gasteiger partial charge in [-0.25, -0.2) is 4.79 Å². The first-order valence-corrected chi connectivity index (χ1v) is 6.29. The molecule has 18 heavy (non-hydrogen) atoms. The normalized spacial score (nSPS) is 12.7. The molecular formula is C15H21NO2. The van der Waals surface area contributed by atoms with Crippen molar-refractivity contribution in [1.29, 1.82) is 5.26 Å². The van der Waals surface area contributed by atoms with E-state index in [2.05, 4.69) is 13.8 Å². The van der Waals surface area contributed by atoms with E-state index in [9.17, 15) is 4.79 Å². The summed E-state index contributed by atoms with van der Waals surface area (Å²) in [5.41, 5.74) is 1.02. The SMILES string of the molecule is CCCCCCC(C)=CC=CC=C(C#N)C(=O)O. The highest BCUT2D eigenvalue weighted by Gasteiger charge is 2.02. The third-order valence-electron chi connectivity index (χ3n) is 2.53. The van der Waals surface area contributed by atoms with Gasteiger partial charge in [-0.15, -0.1) is 0 Å². The van der Waals surface area contributed by atoms with Gasteiger partial charge in [0.15, 0.2) is 0 Å². The van der Waals surface area contributed by atoms with E-state index in [-0.39, 0.29) is 5.57 Å². The Labute approximate surface area is 109 Å². The van der Waals surface area contributed by atoms with Crippen LogP contribution in [0, 0.1) is 11.3 Å². The van der Waals surface area contributed by atoms with Crippen LogP contribution in [0.5, 0.6) is 0 Å². The van der Waals surface area contributed by atoms with Gasteiger partial charge in [-0.2, -0.15) is 5.26 Å². The highest BCUT2D eigenvalue weighted by Crippen LogP contribution is 2.09. The summed E-state index contributed by atoms with van der Waals surface area (Å²) in [4.78, 5) is 10.5. The van der Waals surface area contributed by atoms with E-state index >= 15 is 0 Å². The van der Waals surface area contributed by atoms with E-state index in [4.69, 9.17) is 10.4 Å². The Morgan fingerprint density at radius 2 is 1.89 bits per heavy atom. The Balaban J connectivity index is 4.13. The quantitative estimate of drug-likeness (QED) is 0.305. The summed E-state index contributed by atoms with van der Waals surface area (Å²) < 4.78 is 0. The summed E-state index contributed by atoms with van der Waals surface area (Å²) in [5.74, 6) is -1.19. The predicted molar refractivity (Wildman–Crippen MR) is 73.0 cm³/mol. The fourth-order valence-electron chi connectivity index (χ4n) is 1.44. The second-order valence-electron chi connectivity index (χ2n) is 4.21. The molecule has 0 aliphatic heterocycles. The number of hydrogen-bond donors (Lipinski definition) is 1. The third kappa shape index (κ3) is 8.35. The summed E-state index contributed by atoms with van der Waals surface area (Å²) in [6.07, 6.45) is 12.6. The summed E-state index contributed by atoms with van der Waals surface area (Å²) in [6.45, 7) is 4.25. The summed E-state index contributed by atoms with van der Waals surface area (Å²) in [7, 11) is 0. The topological polar surface area (TPSA) is 61.1 Å². The molecule has 0 unspecified atom stereocenters. The molecule has 0 atom stereocenters. The fourth-order valence-corrected chi connectivity index (χ4v) is 1.44. The molecule has 0 aromatic rings. The van der Waals surface area contributed by atoms with Gasteiger partial charge in [0.05, 0.1) is 0 Å². The molecule has 0 aromatic carbocycles. The molecule has 0 bridgehead atoms. The molecule has 3 heteroatoms. The Morgan fingerprint density at radius 1 is 1.22 bits per heavy atom. The van der Waals surface area contributed by atoms with E-state index in [1.807, 2.05) is 6.08 Å². The zero-order chi connectivity index (χ0) is 13.8. The van der Waals surface area contributed by atoms with Crippen molar-refractivity contribution in [3.8, 4) is 6.07 Å². The van der Waals surface area contributed by atoms with Crippen LogP contribution in [0.1, 0.15) is 46.0 Å². The maximum atomic E-state index is 10.5. The predicted octanol–water partition coefficient (Wildman–Crippen LogP) is 3.99. The lowest BCUT2D eigenvalue weighted by Gasteiger charge is -1.99. The lowest BCUT2D eigenvalue weighted by atomic mass is 10.1. The lowest BCUT2D eigenvalue weighted by Crippen LogP contribution is -1.96. The standard InChI is InChI=1S/C15H21NO2/c1-3-4-5-6-9-13(2)10-7-8-11-14(12-16)15(17)18/h7-8,10-11H,3-6,9H2,1-2H3,(H,17,18). The van der Waals surface area contributed by atoms with Crippen molar-refractivity contribution in [2.45, 2.75) is 46.0 Å². The second kappa shape index (κ2) is 10.3. The maximum absolute atomic E-state index is 10.5. The van der Waals surface area contributed by atoms with Crippen molar-refractivity contribution in [2.75, 3.05) is 0 Å². The van der Waals surface area contributed by atoms with Gasteiger partial charge in [-0.05, 0) is 25.8 Å². The van der Waals surface area contributed by atoms with E-state index in [0.717, 1.165) is 6.42 Å². The smallest absolute Gasteiger partial charge is 0.346 e. The van der Waals surface area contributed by atoms with E-state index in [1.165, 1.54) is 37.3 Å². The van der Waals surface area contributed by atoms with Gasteiger partial charge < -0.3 is 5.11 Å². The van der Waals surface area contributed by atoms with Crippen LogP contribution in [0.3, 0.4) is 0 Å². The highest BCUT2D eigenvalue weighted by molar-refractivity contribution is 5.91. The van der Waals surface area contributed by atoms with Gasteiger partial charge in [0.1, 0.15) is 11.6 Å². The molecule has 0 aliphatic rings. The summed E-state index contributed by atoms with van der Waals surface area (Å²) in [6, 6.07) is 1.63. The first kappa shape index (κ1) is 16.2. The van der Waals surface area contributed by atoms with E-state index in [0.29, 0.717) is 0 Å². The number of hydrogen-bond acceptors (Lipinski definition) is 2. The van der Waals surface area contributed by atoms with Crippen LogP contribution in [-0.4, -0.2) is 11.1 Å². The Morgan fingerprint density at radius 3 is 2.44 bits per heavy atom. The van der Waals surface area contributed by atoms with Gasteiger partial charge in [0.2, 0.25) is 0 Å². The van der Waals surface area contributed by atoms with Crippen LogP contribution in [0.15, 0.2) is 35.5 Å². The van der Waals surface area contributed by atoms with Gasteiger partial charge >= 0.3 is 5.97 Å². The van der Waals surface area contributed by atoms with Crippen molar-refractivity contribution < 1.29 is 9.90 Å². The zero-order valence-corrected chi connectivity index (χ0v) is 11.1. The number of rotatable bonds is 8. The Kier molecular flexibility index (Phi) is 9.30. The lowest BCUT2D eigenvalue weighted by molar-refractivity contribution is -0.132. The molecule has 0 amide bonds. The molecule has 0 aromatic heterocycles. The number of allylic oxidation sites excluding steroid dienone is 5. The summed E-state index contributed by atoms with van der Waals surface area (Å²) >= 11 is 0. The minimum Gasteiger partial charge on any atom is -0.477 e. The van der Waals surface area contributed by atoms with Crippen LogP contribution in [0.25, 0.3) is 0 Å². The van der Waals surface area contributed by atoms with Crippen LogP contribution < -0.4 is 0 Å². The van der Waals surface area contributed by atoms with Gasteiger partial charge in [0, 0.05) is 0 Å². The van der Waals surface area contributed by atoms with Gasteiger partial charge in [0.25, 0.3) is 0 Å². The number of nitriles is 1. The average Bonchev–Trinajstić information content (AvgIpc) is 2.34. The summed E-state index contributed by atoms with van der Waals surface area (Å²) in [5, 5.41) is 17.1. The third-order valence-corrected chi connectivity index (χ3v) is 2.53. The molecule has 0 heterocycles. The zero-order valence-electron chi connectivity index (χ0n) is 11.1. The maximum Gasteiger partial charge on any atom is 0.346 e. The number of aliphatic carboxylic acids is 1. The minimum absolute atomic E-state index is 0.250.